The Morgan fingerprint density at radius 2 is 1.80 bits per heavy atom. The summed E-state index contributed by atoms with van der Waals surface area (Å²) in [5, 5.41) is 8.95. The molecule has 1 fully saturated rings. The van der Waals surface area contributed by atoms with Crippen LogP contribution in [0.1, 0.15) is 40.0 Å². The molecule has 1 N–H and O–H groups in total. The van der Waals surface area contributed by atoms with Gasteiger partial charge in [0.25, 0.3) is 10.2 Å². The third-order valence-electron chi connectivity index (χ3n) is 3.93. The van der Waals surface area contributed by atoms with Crippen molar-refractivity contribution in [2.45, 2.75) is 46.1 Å². The third kappa shape index (κ3) is 4.17. The van der Waals surface area contributed by atoms with Gasteiger partial charge in [0.05, 0.1) is 5.92 Å². The molecule has 1 aliphatic heterocycles. The first-order chi connectivity index (χ1) is 9.16. The number of rotatable bonds is 6. The molecule has 0 spiro atoms. The van der Waals surface area contributed by atoms with Crippen molar-refractivity contribution in [2.75, 3.05) is 20.1 Å². The fourth-order valence-electron chi connectivity index (χ4n) is 2.57. The fraction of sp³-hybridized carbons (Fsp3) is 0.923. The van der Waals surface area contributed by atoms with Crippen molar-refractivity contribution in [1.29, 1.82) is 0 Å². The highest BCUT2D eigenvalue weighted by molar-refractivity contribution is 7.86. The second kappa shape index (κ2) is 6.87. The van der Waals surface area contributed by atoms with Crippen molar-refractivity contribution in [3.8, 4) is 0 Å². The first-order valence-corrected chi connectivity index (χ1v) is 8.51. The van der Waals surface area contributed by atoms with Crippen LogP contribution in [0.15, 0.2) is 0 Å². The minimum atomic E-state index is -3.48. The van der Waals surface area contributed by atoms with E-state index in [4.69, 9.17) is 5.11 Å². The Hall–Kier alpha value is -0.660. The molecule has 0 saturated carbocycles. The molecule has 0 bridgehead atoms. The molecule has 20 heavy (non-hydrogen) atoms. The van der Waals surface area contributed by atoms with Crippen molar-refractivity contribution in [2.24, 2.45) is 11.8 Å². The molecule has 7 heteroatoms. The van der Waals surface area contributed by atoms with E-state index in [1.807, 2.05) is 6.92 Å². The molecule has 118 valence electrons. The molecule has 1 rings (SSSR count). The van der Waals surface area contributed by atoms with Crippen molar-refractivity contribution in [1.82, 2.24) is 8.61 Å². The quantitative estimate of drug-likeness (QED) is 0.804. The van der Waals surface area contributed by atoms with E-state index in [1.54, 1.807) is 7.05 Å². The number of hydrogen-bond acceptors (Lipinski definition) is 3. The van der Waals surface area contributed by atoms with E-state index >= 15 is 0 Å². The van der Waals surface area contributed by atoms with Gasteiger partial charge in [-0.3, -0.25) is 4.79 Å². The van der Waals surface area contributed by atoms with E-state index < -0.39 is 22.1 Å². The van der Waals surface area contributed by atoms with E-state index in [2.05, 4.69) is 13.8 Å². The minimum Gasteiger partial charge on any atom is -0.481 e. The van der Waals surface area contributed by atoms with Gasteiger partial charge in [-0.2, -0.15) is 17.0 Å². The van der Waals surface area contributed by atoms with Crippen LogP contribution in [0, 0.1) is 11.8 Å². The van der Waals surface area contributed by atoms with Crippen LogP contribution in [-0.4, -0.2) is 54.3 Å². The summed E-state index contributed by atoms with van der Waals surface area (Å²) in [4.78, 5) is 10.9. The summed E-state index contributed by atoms with van der Waals surface area (Å²) in [5.74, 6) is -0.816. The molecular formula is C13H26N2O4S. The highest BCUT2D eigenvalue weighted by Crippen LogP contribution is 2.23. The second-order valence-corrected chi connectivity index (χ2v) is 8.00. The van der Waals surface area contributed by atoms with Crippen LogP contribution in [-0.2, 0) is 15.0 Å². The predicted molar refractivity (Wildman–Crippen MR) is 77.5 cm³/mol. The molecule has 0 aromatic rings. The molecule has 0 aliphatic carbocycles. The molecular weight excluding hydrogens is 280 g/mol. The van der Waals surface area contributed by atoms with Gasteiger partial charge < -0.3 is 5.11 Å². The standard InChI is InChI=1S/C13H26N2O4S/c1-10(2)9-11(3)14(4)20(18,19)15-7-5-12(6-8-15)13(16)17/h10-12H,5-9H2,1-4H3,(H,16,17). The number of carboxylic acid groups (broad SMARTS) is 1. The summed E-state index contributed by atoms with van der Waals surface area (Å²) in [5.41, 5.74) is 0. The van der Waals surface area contributed by atoms with Gasteiger partial charge in [-0.1, -0.05) is 13.8 Å². The zero-order chi connectivity index (χ0) is 15.5. The minimum absolute atomic E-state index is 0.0582. The zero-order valence-corrected chi connectivity index (χ0v) is 13.6. The van der Waals surface area contributed by atoms with Gasteiger partial charge in [-0.15, -0.1) is 0 Å². The monoisotopic (exact) mass is 306 g/mol. The van der Waals surface area contributed by atoms with E-state index in [1.165, 1.54) is 8.61 Å². The van der Waals surface area contributed by atoms with Gasteiger partial charge in [-0.25, -0.2) is 0 Å². The highest BCUT2D eigenvalue weighted by atomic mass is 32.2. The van der Waals surface area contributed by atoms with Crippen LogP contribution in [0.2, 0.25) is 0 Å². The van der Waals surface area contributed by atoms with Crippen molar-refractivity contribution in [3.63, 3.8) is 0 Å². The van der Waals surface area contributed by atoms with Crippen LogP contribution in [0.5, 0.6) is 0 Å². The maximum atomic E-state index is 12.5. The number of aliphatic carboxylic acids is 1. The lowest BCUT2D eigenvalue weighted by atomic mass is 9.99. The van der Waals surface area contributed by atoms with Gasteiger partial charge in [-0.05, 0) is 32.1 Å². The van der Waals surface area contributed by atoms with E-state index in [9.17, 15) is 13.2 Å². The van der Waals surface area contributed by atoms with Crippen molar-refractivity contribution < 1.29 is 18.3 Å². The van der Waals surface area contributed by atoms with E-state index in [0.717, 1.165) is 6.42 Å². The molecule has 0 radical (unpaired) electrons. The lowest BCUT2D eigenvalue weighted by Crippen LogP contribution is -2.49. The molecule has 1 unspecified atom stereocenters. The first-order valence-electron chi connectivity index (χ1n) is 7.12. The lowest BCUT2D eigenvalue weighted by molar-refractivity contribution is -0.142. The van der Waals surface area contributed by atoms with E-state index in [0.29, 0.717) is 18.8 Å². The van der Waals surface area contributed by atoms with Gasteiger partial charge in [0.15, 0.2) is 0 Å². The summed E-state index contributed by atoms with van der Waals surface area (Å²) < 4.78 is 27.8. The maximum Gasteiger partial charge on any atom is 0.306 e. The van der Waals surface area contributed by atoms with E-state index in [-0.39, 0.29) is 19.1 Å². The molecule has 1 atom stereocenters. The smallest absolute Gasteiger partial charge is 0.306 e. The lowest BCUT2D eigenvalue weighted by Gasteiger charge is -2.35. The second-order valence-electron chi connectivity index (χ2n) is 6.01. The summed E-state index contributed by atoms with van der Waals surface area (Å²) in [6.07, 6.45) is 1.59. The first kappa shape index (κ1) is 17.4. The summed E-state index contributed by atoms with van der Waals surface area (Å²) in [6, 6.07) is -0.0582. The van der Waals surface area contributed by atoms with Crippen LogP contribution in [0.25, 0.3) is 0 Å². The molecule has 0 aromatic carbocycles. The normalized spacial score (nSPS) is 20.5. The average molecular weight is 306 g/mol. The van der Waals surface area contributed by atoms with Gasteiger partial charge >= 0.3 is 5.97 Å². The molecule has 1 heterocycles. The van der Waals surface area contributed by atoms with Crippen LogP contribution >= 0.6 is 0 Å². The summed E-state index contributed by atoms with van der Waals surface area (Å²) in [7, 11) is -1.88. The van der Waals surface area contributed by atoms with Crippen LogP contribution in [0.3, 0.4) is 0 Å². The molecule has 1 aliphatic rings. The van der Waals surface area contributed by atoms with Crippen LogP contribution < -0.4 is 0 Å². The molecule has 6 nitrogen and oxygen atoms in total. The largest absolute Gasteiger partial charge is 0.481 e. The maximum absolute atomic E-state index is 12.5. The number of hydrogen-bond donors (Lipinski definition) is 1. The summed E-state index contributed by atoms with van der Waals surface area (Å²) in [6.45, 7) is 6.61. The number of nitrogens with zero attached hydrogens (tertiary/aromatic N) is 2. The number of carboxylic acids is 1. The topological polar surface area (TPSA) is 77.9 Å². The molecule has 0 amide bonds. The Labute approximate surface area is 121 Å². The molecule has 0 aromatic heterocycles. The Balaban J connectivity index is 2.68. The zero-order valence-electron chi connectivity index (χ0n) is 12.7. The predicted octanol–water partition coefficient (Wildman–Crippen LogP) is 1.39. The van der Waals surface area contributed by atoms with Gasteiger partial charge in [0.2, 0.25) is 0 Å². The van der Waals surface area contributed by atoms with Crippen LogP contribution in [0.4, 0.5) is 0 Å². The molecule has 1 saturated heterocycles. The average Bonchev–Trinajstić information content (AvgIpc) is 2.37. The number of carbonyl (C=O) groups is 1. The van der Waals surface area contributed by atoms with Crippen molar-refractivity contribution >= 4 is 16.2 Å². The third-order valence-corrected chi connectivity index (χ3v) is 6.03. The SMILES string of the molecule is CC(C)CC(C)N(C)S(=O)(=O)N1CCC(C(=O)O)CC1. The van der Waals surface area contributed by atoms with Crippen molar-refractivity contribution in [3.05, 3.63) is 0 Å². The Bertz CT molecular complexity index is 428. The fourth-order valence-corrected chi connectivity index (χ4v) is 4.15. The Morgan fingerprint density at radius 3 is 2.20 bits per heavy atom. The van der Waals surface area contributed by atoms with Gasteiger partial charge in [0, 0.05) is 26.2 Å². The highest BCUT2D eigenvalue weighted by Gasteiger charge is 2.34. The van der Waals surface area contributed by atoms with Gasteiger partial charge in [0.1, 0.15) is 0 Å². The summed E-state index contributed by atoms with van der Waals surface area (Å²) >= 11 is 0. The number of piperidine rings is 1. The Morgan fingerprint density at radius 1 is 1.30 bits per heavy atom. The Kier molecular flexibility index (Phi) is 5.97.